The van der Waals surface area contributed by atoms with Gasteiger partial charge in [-0.15, -0.1) is 10.2 Å². The minimum Gasteiger partial charge on any atom is -0.343 e. The number of H-pyrrole nitrogens is 2. The van der Waals surface area contributed by atoms with Crippen molar-refractivity contribution in [2.75, 3.05) is 0 Å². The zero-order valence-corrected chi connectivity index (χ0v) is 15.1. The molecule has 0 spiro atoms. The monoisotopic (exact) mass is 389 g/mol. The number of hydrogen-bond donors (Lipinski definition) is 2. The van der Waals surface area contributed by atoms with Crippen LogP contribution in [0.4, 0.5) is 4.39 Å². The molecule has 2 N–H and O–H groups in total. The average molecular weight is 389 g/mol. The van der Waals surface area contributed by atoms with Gasteiger partial charge in [0, 0.05) is 17.5 Å². The Balaban J connectivity index is 1.71. The van der Waals surface area contributed by atoms with E-state index in [1.54, 1.807) is 0 Å². The molecule has 132 valence electrons. The lowest BCUT2D eigenvalue weighted by Crippen LogP contribution is -2.18. The molecule has 0 radical (unpaired) electrons. The summed E-state index contributed by atoms with van der Waals surface area (Å²) in [6, 6.07) is 6.84. The minimum atomic E-state index is -0.480. The number of rotatable bonds is 4. The molecule has 26 heavy (non-hydrogen) atoms. The Hall–Kier alpha value is -2.72. The van der Waals surface area contributed by atoms with Crippen LogP contribution in [0.1, 0.15) is 10.7 Å². The van der Waals surface area contributed by atoms with Gasteiger partial charge in [0.25, 0.3) is 5.56 Å². The normalized spacial score (nSPS) is 11.3. The van der Waals surface area contributed by atoms with Crippen LogP contribution in [0.3, 0.4) is 0 Å². The highest BCUT2D eigenvalue weighted by atomic mass is 32.2. The zero-order chi connectivity index (χ0) is 18.3. The quantitative estimate of drug-likeness (QED) is 0.523. The molecule has 3 aromatic heterocycles. The van der Waals surface area contributed by atoms with Gasteiger partial charge < -0.3 is 4.98 Å². The number of thioether (sulfide) groups is 1. The number of halogens is 1. The van der Waals surface area contributed by atoms with Crippen molar-refractivity contribution >= 4 is 34.1 Å². The van der Waals surface area contributed by atoms with Gasteiger partial charge in [-0.1, -0.05) is 23.1 Å². The van der Waals surface area contributed by atoms with E-state index >= 15 is 0 Å². The van der Waals surface area contributed by atoms with E-state index in [1.807, 2.05) is 6.92 Å². The largest absolute Gasteiger partial charge is 0.343 e. The van der Waals surface area contributed by atoms with E-state index in [1.165, 1.54) is 58.1 Å². The van der Waals surface area contributed by atoms with Gasteiger partial charge in [0.05, 0.1) is 5.69 Å². The second kappa shape index (κ2) is 6.54. The molecule has 4 aromatic rings. The van der Waals surface area contributed by atoms with Crippen molar-refractivity contribution in [1.29, 1.82) is 0 Å². The van der Waals surface area contributed by atoms with Crippen LogP contribution in [0.15, 0.2) is 44.3 Å². The number of nitrogens with one attached hydrogen (secondary N) is 2. The maximum atomic E-state index is 13.1. The fraction of sp³-hybridized carbons (Fsp3) is 0.125. The Bertz CT molecular complexity index is 1210. The Morgan fingerprint density at radius 3 is 2.69 bits per heavy atom. The van der Waals surface area contributed by atoms with Crippen LogP contribution in [0, 0.1) is 12.7 Å². The van der Waals surface area contributed by atoms with Gasteiger partial charge in [0.1, 0.15) is 21.9 Å². The molecule has 0 aliphatic rings. The lowest BCUT2D eigenvalue weighted by atomic mass is 10.3. The van der Waals surface area contributed by atoms with Crippen LogP contribution >= 0.6 is 23.1 Å². The molecule has 0 bridgehead atoms. The van der Waals surface area contributed by atoms with Crippen molar-refractivity contribution in [2.24, 2.45) is 0 Å². The highest BCUT2D eigenvalue weighted by molar-refractivity contribution is 8.00. The summed E-state index contributed by atoms with van der Waals surface area (Å²) in [5, 5.41) is 11.8. The van der Waals surface area contributed by atoms with E-state index in [0.717, 1.165) is 9.35 Å². The Labute approximate surface area is 153 Å². The lowest BCUT2D eigenvalue weighted by molar-refractivity contribution is 0.627. The molecular weight excluding hydrogens is 377 g/mol. The second-order valence-electron chi connectivity index (χ2n) is 5.51. The van der Waals surface area contributed by atoms with E-state index in [0.29, 0.717) is 22.8 Å². The van der Waals surface area contributed by atoms with E-state index in [9.17, 15) is 14.0 Å². The van der Waals surface area contributed by atoms with Crippen LogP contribution in [0.25, 0.3) is 16.7 Å². The summed E-state index contributed by atoms with van der Waals surface area (Å²) in [6.07, 6.45) is 0. The number of pyridine rings is 1. The maximum Gasteiger partial charge on any atom is 0.284 e. The molecule has 0 amide bonds. The molecule has 0 aliphatic carbocycles. The van der Waals surface area contributed by atoms with Gasteiger partial charge in [-0.05, 0) is 31.2 Å². The molecule has 0 atom stereocenters. The van der Waals surface area contributed by atoms with E-state index in [-0.39, 0.29) is 10.8 Å². The number of benzene rings is 1. The fourth-order valence-corrected chi connectivity index (χ4v) is 4.23. The van der Waals surface area contributed by atoms with Gasteiger partial charge in [0.15, 0.2) is 9.77 Å². The van der Waals surface area contributed by atoms with Crippen molar-refractivity contribution in [1.82, 2.24) is 25.0 Å². The standard InChI is InChI=1S/C16H12FN5O2S2/c1-8-19-20-16(26-8)25-7-10-6-12(23)13-14(18-10)21-22(15(13)24)11-4-2-9(17)3-5-11/h2-6H,7H2,1H3,(H2,18,21,23). The summed E-state index contributed by atoms with van der Waals surface area (Å²) in [6.45, 7) is 1.87. The van der Waals surface area contributed by atoms with Crippen molar-refractivity contribution in [3.63, 3.8) is 0 Å². The van der Waals surface area contributed by atoms with Crippen molar-refractivity contribution in [2.45, 2.75) is 17.0 Å². The molecule has 0 fully saturated rings. The molecule has 1 aromatic carbocycles. The fourth-order valence-electron chi connectivity index (χ4n) is 2.51. The highest BCUT2D eigenvalue weighted by Crippen LogP contribution is 2.24. The topological polar surface area (TPSA) is 96.4 Å². The van der Waals surface area contributed by atoms with E-state index in [2.05, 4.69) is 20.3 Å². The van der Waals surface area contributed by atoms with Crippen molar-refractivity contribution < 1.29 is 4.39 Å². The van der Waals surface area contributed by atoms with Gasteiger partial charge in [-0.3, -0.25) is 14.7 Å². The molecule has 0 aliphatic heterocycles. The first-order valence-electron chi connectivity index (χ1n) is 7.57. The SMILES string of the molecule is Cc1nnc(SCc2cc(=O)c3c(=O)n(-c4ccc(F)cc4)[nH]c3[nH]2)s1. The van der Waals surface area contributed by atoms with Gasteiger partial charge in [-0.25, -0.2) is 9.07 Å². The lowest BCUT2D eigenvalue weighted by Gasteiger charge is -2.00. The summed E-state index contributed by atoms with van der Waals surface area (Å²) >= 11 is 2.93. The summed E-state index contributed by atoms with van der Waals surface area (Å²) in [5.41, 5.74) is 0.584. The number of hydrogen-bond acceptors (Lipinski definition) is 6. The molecule has 10 heteroatoms. The predicted molar refractivity (Wildman–Crippen MR) is 98.7 cm³/mol. The first-order chi connectivity index (χ1) is 12.5. The average Bonchev–Trinajstić information content (AvgIpc) is 3.17. The van der Waals surface area contributed by atoms with Gasteiger partial charge >= 0.3 is 0 Å². The smallest absolute Gasteiger partial charge is 0.284 e. The first-order valence-corrected chi connectivity index (χ1v) is 9.37. The molecule has 4 rings (SSSR count). The summed E-state index contributed by atoms with van der Waals surface area (Å²) in [4.78, 5) is 28.0. The zero-order valence-electron chi connectivity index (χ0n) is 13.4. The Kier molecular flexibility index (Phi) is 4.21. The molecule has 0 unspecified atom stereocenters. The number of aryl methyl sites for hydroxylation is 1. The number of aromatic nitrogens is 5. The molecule has 7 nitrogen and oxygen atoms in total. The predicted octanol–water partition coefficient (Wildman–Crippen LogP) is 2.60. The van der Waals surface area contributed by atoms with Gasteiger partial charge in [0.2, 0.25) is 0 Å². The second-order valence-corrected chi connectivity index (χ2v) is 7.92. The van der Waals surface area contributed by atoms with Crippen LogP contribution in [0.5, 0.6) is 0 Å². The third-order valence-corrected chi connectivity index (χ3v) is 5.69. The van der Waals surface area contributed by atoms with Crippen LogP contribution < -0.4 is 11.0 Å². The number of fused-ring (bicyclic) bond motifs is 1. The third kappa shape index (κ3) is 3.08. The summed E-state index contributed by atoms with van der Waals surface area (Å²) in [5.74, 6) is 0.0871. The van der Waals surface area contributed by atoms with Crippen LogP contribution in [-0.2, 0) is 5.75 Å². The molecule has 3 heterocycles. The minimum absolute atomic E-state index is 0.0369. The molecule has 0 saturated carbocycles. The summed E-state index contributed by atoms with van der Waals surface area (Å²) < 4.78 is 15.1. The molecule has 0 saturated heterocycles. The van der Waals surface area contributed by atoms with E-state index < -0.39 is 11.4 Å². The van der Waals surface area contributed by atoms with Crippen molar-refractivity contribution in [3.05, 3.63) is 67.4 Å². The maximum absolute atomic E-state index is 13.1. The first kappa shape index (κ1) is 16.7. The van der Waals surface area contributed by atoms with E-state index in [4.69, 9.17) is 0 Å². The highest BCUT2D eigenvalue weighted by Gasteiger charge is 2.14. The third-order valence-electron chi connectivity index (χ3n) is 3.67. The van der Waals surface area contributed by atoms with Crippen molar-refractivity contribution in [3.8, 4) is 5.69 Å². The molecular formula is C16H12FN5O2S2. The van der Waals surface area contributed by atoms with Crippen LogP contribution in [-0.4, -0.2) is 25.0 Å². The van der Waals surface area contributed by atoms with Crippen LogP contribution in [0.2, 0.25) is 0 Å². The number of nitrogens with zero attached hydrogens (tertiary/aromatic N) is 3. The van der Waals surface area contributed by atoms with Gasteiger partial charge in [-0.2, -0.15) is 0 Å². The summed E-state index contributed by atoms with van der Waals surface area (Å²) in [7, 11) is 0. The Morgan fingerprint density at radius 2 is 2.00 bits per heavy atom. The Morgan fingerprint density at radius 1 is 1.23 bits per heavy atom. The number of aromatic amines is 2.